The third-order valence-electron chi connectivity index (χ3n) is 3.70. The van der Waals surface area contributed by atoms with Gasteiger partial charge in [-0.15, -0.1) is 10.2 Å². The molecule has 0 aliphatic rings. The second kappa shape index (κ2) is 6.78. The minimum atomic E-state index is -1.16. The maximum atomic E-state index is 12.5. The minimum absolute atomic E-state index is 0.0489. The normalized spacial score (nSPS) is 10.9. The van der Waals surface area contributed by atoms with Gasteiger partial charge in [0.05, 0.1) is 16.0 Å². The van der Waals surface area contributed by atoms with Gasteiger partial charge in [0.1, 0.15) is 5.52 Å². The van der Waals surface area contributed by atoms with Crippen LogP contribution in [0.15, 0.2) is 47.0 Å². The minimum Gasteiger partial charge on any atom is -0.478 e. The summed E-state index contributed by atoms with van der Waals surface area (Å²) in [6, 6.07) is 11.6. The van der Waals surface area contributed by atoms with E-state index in [1.807, 2.05) is 6.07 Å². The molecule has 0 unspecified atom stereocenters. The van der Waals surface area contributed by atoms with Gasteiger partial charge in [-0.25, -0.2) is 4.79 Å². The molecular formula is C17H9ClN4O4S. The molecule has 4 aromatic rings. The van der Waals surface area contributed by atoms with Crippen LogP contribution in [0.1, 0.15) is 20.9 Å². The molecule has 27 heavy (non-hydrogen) atoms. The molecule has 2 N–H and O–H groups in total. The summed E-state index contributed by atoms with van der Waals surface area (Å²) in [5.74, 6) is -1.88. The Morgan fingerprint density at radius 2 is 1.93 bits per heavy atom. The standard InChI is InChI=1S/C17H9ClN4O4S/c18-11-7-2-1-4-8(11)15-20-21-17(27-15)19-14(23)13-9-5-3-6-10(16(24)25)12(9)22-26-13/h1-7H,(H,24,25)(H,19,21,23). The van der Waals surface area contributed by atoms with Crippen molar-refractivity contribution in [2.75, 3.05) is 5.32 Å². The molecule has 0 aliphatic carbocycles. The number of aromatic nitrogens is 3. The summed E-state index contributed by atoms with van der Waals surface area (Å²) in [4.78, 5) is 23.7. The first-order valence-corrected chi connectivity index (χ1v) is 8.75. The van der Waals surface area contributed by atoms with Gasteiger partial charge >= 0.3 is 5.97 Å². The van der Waals surface area contributed by atoms with Gasteiger partial charge in [-0.3, -0.25) is 10.1 Å². The molecule has 10 heteroatoms. The molecule has 0 saturated carbocycles. The van der Waals surface area contributed by atoms with Gasteiger partial charge in [0, 0.05) is 5.56 Å². The summed E-state index contributed by atoms with van der Waals surface area (Å²) >= 11 is 7.29. The van der Waals surface area contributed by atoms with Gasteiger partial charge in [0.15, 0.2) is 5.01 Å². The zero-order chi connectivity index (χ0) is 19.0. The number of benzene rings is 2. The molecule has 0 spiro atoms. The van der Waals surface area contributed by atoms with E-state index in [1.165, 1.54) is 12.1 Å². The fourth-order valence-corrected chi connectivity index (χ4v) is 3.53. The second-order valence-corrected chi connectivity index (χ2v) is 6.75. The Bertz CT molecular complexity index is 1190. The lowest BCUT2D eigenvalue weighted by Crippen LogP contribution is -2.11. The fourth-order valence-electron chi connectivity index (χ4n) is 2.47. The van der Waals surface area contributed by atoms with Crippen LogP contribution in [0.3, 0.4) is 0 Å². The van der Waals surface area contributed by atoms with Crippen LogP contribution in [0.4, 0.5) is 5.13 Å². The van der Waals surface area contributed by atoms with Crippen molar-refractivity contribution >= 4 is 50.8 Å². The van der Waals surface area contributed by atoms with E-state index < -0.39 is 11.9 Å². The Labute approximate surface area is 160 Å². The number of fused-ring (bicyclic) bond motifs is 1. The number of hydrogen-bond acceptors (Lipinski definition) is 7. The average molecular weight is 401 g/mol. The van der Waals surface area contributed by atoms with E-state index in [1.54, 1.807) is 24.3 Å². The number of rotatable bonds is 4. The Hall–Kier alpha value is -3.30. The highest BCUT2D eigenvalue weighted by Crippen LogP contribution is 2.32. The van der Waals surface area contributed by atoms with E-state index in [4.69, 9.17) is 16.1 Å². The maximum absolute atomic E-state index is 12.5. The van der Waals surface area contributed by atoms with Crippen LogP contribution in [0.5, 0.6) is 0 Å². The van der Waals surface area contributed by atoms with Crippen molar-refractivity contribution in [2.45, 2.75) is 0 Å². The summed E-state index contributed by atoms with van der Waals surface area (Å²) in [6.45, 7) is 0. The number of carboxylic acid groups (broad SMARTS) is 1. The van der Waals surface area contributed by atoms with Crippen LogP contribution in [-0.2, 0) is 0 Å². The van der Waals surface area contributed by atoms with Crippen LogP contribution < -0.4 is 5.32 Å². The summed E-state index contributed by atoms with van der Waals surface area (Å²) in [6.07, 6.45) is 0. The van der Waals surface area contributed by atoms with Crippen LogP contribution >= 0.6 is 22.9 Å². The molecule has 0 atom stereocenters. The number of anilines is 1. The maximum Gasteiger partial charge on any atom is 0.338 e. The molecule has 0 fully saturated rings. The van der Waals surface area contributed by atoms with Crippen molar-refractivity contribution in [2.24, 2.45) is 0 Å². The lowest BCUT2D eigenvalue weighted by molar-refractivity contribution is 0.0698. The Morgan fingerprint density at radius 3 is 2.70 bits per heavy atom. The number of carbonyl (C=O) groups is 2. The van der Waals surface area contributed by atoms with E-state index >= 15 is 0 Å². The van der Waals surface area contributed by atoms with Crippen molar-refractivity contribution in [1.29, 1.82) is 0 Å². The third-order valence-corrected chi connectivity index (χ3v) is 4.90. The number of carboxylic acids is 1. The van der Waals surface area contributed by atoms with Crippen LogP contribution in [0, 0.1) is 0 Å². The number of nitrogens with one attached hydrogen (secondary N) is 1. The van der Waals surface area contributed by atoms with Crippen LogP contribution in [0.2, 0.25) is 5.02 Å². The Morgan fingerprint density at radius 1 is 1.11 bits per heavy atom. The van der Waals surface area contributed by atoms with Crippen LogP contribution in [-0.4, -0.2) is 32.3 Å². The van der Waals surface area contributed by atoms with Gasteiger partial charge in [-0.1, -0.05) is 52.4 Å². The summed E-state index contributed by atoms with van der Waals surface area (Å²) in [7, 11) is 0. The van der Waals surface area contributed by atoms with Crippen LogP contribution in [0.25, 0.3) is 21.5 Å². The molecule has 2 aromatic heterocycles. The summed E-state index contributed by atoms with van der Waals surface area (Å²) in [5, 5.41) is 25.0. The number of hydrogen-bond donors (Lipinski definition) is 2. The van der Waals surface area contributed by atoms with E-state index in [2.05, 4.69) is 20.7 Å². The summed E-state index contributed by atoms with van der Waals surface area (Å²) < 4.78 is 5.06. The summed E-state index contributed by atoms with van der Waals surface area (Å²) in [5.41, 5.74) is 0.754. The molecular weight excluding hydrogens is 392 g/mol. The van der Waals surface area contributed by atoms with Gasteiger partial charge in [-0.2, -0.15) is 0 Å². The highest BCUT2D eigenvalue weighted by atomic mass is 35.5. The van der Waals surface area contributed by atoms with Gasteiger partial charge < -0.3 is 9.63 Å². The van der Waals surface area contributed by atoms with E-state index in [9.17, 15) is 14.7 Å². The predicted molar refractivity (Wildman–Crippen MR) is 99.3 cm³/mol. The molecule has 2 heterocycles. The molecule has 2 aromatic carbocycles. The van der Waals surface area contributed by atoms with Crippen molar-refractivity contribution in [1.82, 2.24) is 15.4 Å². The van der Waals surface area contributed by atoms with Gasteiger partial charge in [-0.05, 0) is 18.2 Å². The molecule has 4 rings (SSSR count). The molecule has 1 amide bonds. The molecule has 0 radical (unpaired) electrons. The zero-order valence-electron chi connectivity index (χ0n) is 13.3. The quantitative estimate of drug-likeness (QED) is 0.532. The van der Waals surface area contributed by atoms with Gasteiger partial charge in [0.2, 0.25) is 10.9 Å². The number of carbonyl (C=O) groups excluding carboxylic acids is 1. The zero-order valence-corrected chi connectivity index (χ0v) is 14.9. The largest absolute Gasteiger partial charge is 0.478 e. The van der Waals surface area contributed by atoms with E-state index in [-0.39, 0.29) is 22.0 Å². The number of amides is 1. The Kier molecular flexibility index (Phi) is 4.30. The second-order valence-electron chi connectivity index (χ2n) is 5.36. The SMILES string of the molecule is O=C(Nc1nnc(-c2ccccc2Cl)s1)c1onc2c(C(=O)O)cccc12. The average Bonchev–Trinajstić information content (AvgIpc) is 3.28. The van der Waals surface area contributed by atoms with E-state index in [0.29, 0.717) is 21.0 Å². The fraction of sp³-hybridized carbons (Fsp3) is 0. The lowest BCUT2D eigenvalue weighted by Gasteiger charge is -1.98. The Balaban J connectivity index is 1.62. The van der Waals surface area contributed by atoms with Crippen molar-refractivity contribution in [3.8, 4) is 10.6 Å². The third kappa shape index (κ3) is 3.14. The number of halogens is 1. The lowest BCUT2D eigenvalue weighted by atomic mass is 10.1. The molecule has 0 aliphatic heterocycles. The van der Waals surface area contributed by atoms with Gasteiger partial charge in [0.25, 0.3) is 5.91 Å². The highest BCUT2D eigenvalue weighted by Gasteiger charge is 2.22. The van der Waals surface area contributed by atoms with Crippen molar-refractivity contribution < 1.29 is 19.2 Å². The first-order chi connectivity index (χ1) is 13.0. The number of nitrogens with zero attached hydrogens (tertiary/aromatic N) is 3. The monoisotopic (exact) mass is 400 g/mol. The number of aromatic carboxylic acids is 1. The van der Waals surface area contributed by atoms with Crippen molar-refractivity contribution in [3.05, 3.63) is 58.8 Å². The van der Waals surface area contributed by atoms with Crippen molar-refractivity contribution in [3.63, 3.8) is 0 Å². The topological polar surface area (TPSA) is 118 Å². The molecule has 8 nitrogen and oxygen atoms in total. The smallest absolute Gasteiger partial charge is 0.338 e. The molecule has 0 saturated heterocycles. The molecule has 134 valence electrons. The first kappa shape index (κ1) is 17.1. The predicted octanol–water partition coefficient (Wildman–Crippen LogP) is 3.95. The first-order valence-electron chi connectivity index (χ1n) is 7.56. The van der Waals surface area contributed by atoms with E-state index in [0.717, 1.165) is 11.3 Å². The molecule has 0 bridgehead atoms. The highest BCUT2D eigenvalue weighted by molar-refractivity contribution is 7.18.